The number of methoxy groups -OCH3 is 1. The Hall–Kier alpha value is -2.95. The minimum atomic E-state index is -0.252. The maximum absolute atomic E-state index is 12.2. The molecule has 1 aromatic heterocycles. The van der Waals surface area contributed by atoms with E-state index >= 15 is 0 Å². The third-order valence-electron chi connectivity index (χ3n) is 3.37. The molecule has 5 heteroatoms. The summed E-state index contributed by atoms with van der Waals surface area (Å²) < 4.78 is 5.07. The minimum Gasteiger partial charge on any atom is -0.497 e. The van der Waals surface area contributed by atoms with Gasteiger partial charge >= 0.3 is 0 Å². The Morgan fingerprint density at radius 2 is 1.77 bits per heavy atom. The Balaban J connectivity index is 1.87. The molecule has 3 rings (SSSR count). The fourth-order valence-corrected chi connectivity index (χ4v) is 2.21. The van der Waals surface area contributed by atoms with Crippen molar-refractivity contribution >= 4 is 22.8 Å². The summed E-state index contributed by atoms with van der Waals surface area (Å²) in [6, 6.07) is 14.6. The Kier molecular flexibility index (Phi) is 3.70. The third-order valence-corrected chi connectivity index (χ3v) is 3.37. The van der Waals surface area contributed by atoms with Gasteiger partial charge in [0.05, 0.1) is 18.3 Å². The van der Waals surface area contributed by atoms with Crippen molar-refractivity contribution in [3.63, 3.8) is 0 Å². The van der Waals surface area contributed by atoms with Crippen molar-refractivity contribution in [2.75, 3.05) is 12.4 Å². The van der Waals surface area contributed by atoms with Crippen molar-refractivity contribution in [2.24, 2.45) is 0 Å². The molecule has 5 nitrogen and oxygen atoms in total. The Bertz CT molecular complexity index is 829. The molecule has 1 N–H and O–H groups in total. The summed E-state index contributed by atoms with van der Waals surface area (Å²) in [7, 11) is 1.58. The maximum atomic E-state index is 12.2. The lowest BCUT2D eigenvalue weighted by atomic mass is 10.2. The number of benzene rings is 2. The van der Waals surface area contributed by atoms with Crippen LogP contribution in [0.4, 0.5) is 5.95 Å². The van der Waals surface area contributed by atoms with Crippen LogP contribution in [0.25, 0.3) is 10.9 Å². The topological polar surface area (TPSA) is 64.1 Å². The summed E-state index contributed by atoms with van der Waals surface area (Å²) in [5.41, 5.74) is 2.16. The summed E-state index contributed by atoms with van der Waals surface area (Å²) in [4.78, 5) is 20.9. The zero-order chi connectivity index (χ0) is 15.5. The van der Waals surface area contributed by atoms with Gasteiger partial charge in [-0.15, -0.1) is 0 Å². The normalized spacial score (nSPS) is 10.5. The predicted molar refractivity (Wildman–Crippen MR) is 85.2 cm³/mol. The van der Waals surface area contributed by atoms with Crippen LogP contribution in [0, 0.1) is 6.92 Å². The van der Waals surface area contributed by atoms with Crippen LogP contribution < -0.4 is 10.1 Å². The summed E-state index contributed by atoms with van der Waals surface area (Å²) in [5, 5.41) is 3.70. The van der Waals surface area contributed by atoms with Gasteiger partial charge < -0.3 is 4.74 Å². The van der Waals surface area contributed by atoms with Gasteiger partial charge in [-0.3, -0.25) is 10.1 Å². The van der Waals surface area contributed by atoms with Gasteiger partial charge in [0.2, 0.25) is 5.95 Å². The molecule has 0 fully saturated rings. The molecule has 0 saturated carbocycles. The number of hydrogen-bond donors (Lipinski definition) is 1. The molecule has 1 amide bonds. The van der Waals surface area contributed by atoms with E-state index in [0.717, 1.165) is 16.6 Å². The van der Waals surface area contributed by atoms with Crippen LogP contribution in [-0.4, -0.2) is 23.0 Å². The number of ether oxygens (including phenoxy) is 1. The largest absolute Gasteiger partial charge is 0.497 e. The average molecular weight is 293 g/mol. The molecule has 0 bridgehead atoms. The number of carbonyl (C=O) groups is 1. The van der Waals surface area contributed by atoms with Gasteiger partial charge in [0.15, 0.2) is 0 Å². The summed E-state index contributed by atoms with van der Waals surface area (Å²) in [6.45, 7) is 1.90. The molecule has 2 aromatic carbocycles. The Morgan fingerprint density at radius 3 is 2.50 bits per heavy atom. The summed E-state index contributed by atoms with van der Waals surface area (Å²) >= 11 is 0. The van der Waals surface area contributed by atoms with Gasteiger partial charge in [-0.05, 0) is 37.3 Å². The number of amides is 1. The number of hydrogen-bond acceptors (Lipinski definition) is 4. The lowest BCUT2D eigenvalue weighted by Gasteiger charge is -2.07. The summed E-state index contributed by atoms with van der Waals surface area (Å²) in [5.74, 6) is 0.753. The molecule has 0 aliphatic rings. The fourth-order valence-electron chi connectivity index (χ4n) is 2.21. The molecule has 0 aliphatic carbocycles. The lowest BCUT2D eigenvalue weighted by molar-refractivity contribution is 0.102. The number of anilines is 1. The molecule has 22 heavy (non-hydrogen) atoms. The molecule has 0 aliphatic heterocycles. The highest BCUT2D eigenvalue weighted by Crippen LogP contribution is 2.17. The quantitative estimate of drug-likeness (QED) is 0.805. The van der Waals surface area contributed by atoms with E-state index in [9.17, 15) is 4.79 Å². The van der Waals surface area contributed by atoms with Gasteiger partial charge in [0, 0.05) is 10.9 Å². The van der Waals surface area contributed by atoms with Crippen molar-refractivity contribution in [3.05, 3.63) is 59.8 Å². The zero-order valence-electron chi connectivity index (χ0n) is 12.3. The van der Waals surface area contributed by atoms with E-state index in [1.807, 2.05) is 31.2 Å². The molecule has 3 aromatic rings. The average Bonchev–Trinajstić information content (AvgIpc) is 2.55. The number of rotatable bonds is 3. The highest BCUT2D eigenvalue weighted by atomic mass is 16.5. The van der Waals surface area contributed by atoms with E-state index in [-0.39, 0.29) is 5.91 Å². The van der Waals surface area contributed by atoms with Crippen molar-refractivity contribution in [1.29, 1.82) is 0 Å². The van der Waals surface area contributed by atoms with Gasteiger partial charge in [0.1, 0.15) is 5.75 Å². The van der Waals surface area contributed by atoms with Gasteiger partial charge in [-0.2, -0.15) is 0 Å². The molecule has 1 heterocycles. The molecule has 0 unspecified atom stereocenters. The second-order valence-corrected chi connectivity index (χ2v) is 4.83. The first-order valence-corrected chi connectivity index (χ1v) is 6.86. The SMILES string of the molecule is COc1ccc(C(=O)Nc2nc(C)c3ccccc3n2)cc1. The van der Waals surface area contributed by atoms with Gasteiger partial charge in [-0.25, -0.2) is 9.97 Å². The van der Waals surface area contributed by atoms with Crippen LogP contribution in [0.1, 0.15) is 16.1 Å². The number of aromatic nitrogens is 2. The van der Waals surface area contributed by atoms with E-state index in [4.69, 9.17) is 4.74 Å². The Labute approximate surface area is 128 Å². The Morgan fingerprint density at radius 1 is 1.05 bits per heavy atom. The van der Waals surface area contributed by atoms with E-state index in [1.165, 1.54) is 0 Å². The molecular formula is C17H15N3O2. The van der Waals surface area contributed by atoms with Crippen molar-refractivity contribution in [1.82, 2.24) is 9.97 Å². The highest BCUT2D eigenvalue weighted by Gasteiger charge is 2.10. The first-order chi connectivity index (χ1) is 10.7. The molecule has 0 saturated heterocycles. The number of nitrogens with zero attached hydrogens (tertiary/aromatic N) is 2. The third kappa shape index (κ3) is 2.74. The molecule has 0 radical (unpaired) electrons. The van der Waals surface area contributed by atoms with Crippen molar-refractivity contribution < 1.29 is 9.53 Å². The molecular weight excluding hydrogens is 278 g/mol. The van der Waals surface area contributed by atoms with Crippen LogP contribution >= 0.6 is 0 Å². The minimum absolute atomic E-state index is 0.252. The predicted octanol–water partition coefficient (Wildman–Crippen LogP) is 3.20. The van der Waals surface area contributed by atoms with Crippen molar-refractivity contribution in [2.45, 2.75) is 6.92 Å². The molecule has 0 spiro atoms. The summed E-state index contributed by atoms with van der Waals surface area (Å²) in [6.07, 6.45) is 0. The van der Waals surface area contributed by atoms with Crippen LogP contribution in [0.2, 0.25) is 0 Å². The monoisotopic (exact) mass is 293 g/mol. The lowest BCUT2D eigenvalue weighted by Crippen LogP contribution is -2.14. The van der Waals surface area contributed by atoms with Crippen LogP contribution in [0.3, 0.4) is 0 Å². The zero-order valence-corrected chi connectivity index (χ0v) is 12.3. The first kappa shape index (κ1) is 14.0. The first-order valence-electron chi connectivity index (χ1n) is 6.86. The number of para-hydroxylation sites is 1. The molecule has 0 atom stereocenters. The smallest absolute Gasteiger partial charge is 0.258 e. The fraction of sp³-hybridized carbons (Fsp3) is 0.118. The van der Waals surface area contributed by atoms with Crippen LogP contribution in [0.5, 0.6) is 5.75 Å². The number of aryl methyl sites for hydroxylation is 1. The standard InChI is InChI=1S/C17H15N3O2/c1-11-14-5-3-4-6-15(14)19-17(18-11)20-16(21)12-7-9-13(22-2)10-8-12/h3-10H,1-2H3,(H,18,19,20,21). The van der Waals surface area contributed by atoms with E-state index in [2.05, 4.69) is 15.3 Å². The van der Waals surface area contributed by atoms with Crippen molar-refractivity contribution in [3.8, 4) is 5.75 Å². The van der Waals surface area contributed by atoms with Gasteiger partial charge in [-0.1, -0.05) is 18.2 Å². The van der Waals surface area contributed by atoms with Gasteiger partial charge in [0.25, 0.3) is 5.91 Å². The number of fused-ring (bicyclic) bond motifs is 1. The van der Waals surface area contributed by atoms with E-state index in [0.29, 0.717) is 17.3 Å². The number of nitrogens with one attached hydrogen (secondary N) is 1. The van der Waals surface area contributed by atoms with E-state index in [1.54, 1.807) is 31.4 Å². The second kappa shape index (κ2) is 5.81. The van der Waals surface area contributed by atoms with E-state index < -0.39 is 0 Å². The highest BCUT2D eigenvalue weighted by molar-refractivity contribution is 6.03. The number of carbonyl (C=O) groups excluding carboxylic acids is 1. The second-order valence-electron chi connectivity index (χ2n) is 4.83. The molecule has 110 valence electrons. The maximum Gasteiger partial charge on any atom is 0.258 e. The van der Waals surface area contributed by atoms with Crippen LogP contribution in [-0.2, 0) is 0 Å². The van der Waals surface area contributed by atoms with Crippen LogP contribution in [0.15, 0.2) is 48.5 Å².